The molecule has 0 fully saturated rings. The number of nitrogens with two attached hydrogens (primary N) is 1. The van der Waals surface area contributed by atoms with Crippen molar-refractivity contribution in [3.05, 3.63) is 69.8 Å². The molecule has 0 aromatic heterocycles. The fourth-order valence-corrected chi connectivity index (χ4v) is 3.88. The first-order valence-electron chi connectivity index (χ1n) is 7.96. The van der Waals surface area contributed by atoms with Gasteiger partial charge in [0.2, 0.25) is 0 Å². The molecule has 2 N–H and O–H groups in total. The van der Waals surface area contributed by atoms with Gasteiger partial charge in [0, 0.05) is 6.04 Å². The maximum atomic E-state index is 6.57. The van der Waals surface area contributed by atoms with Crippen LogP contribution >= 0.6 is 0 Å². The van der Waals surface area contributed by atoms with E-state index in [1.165, 1.54) is 46.2 Å². The molecular weight excluding hydrogens is 254 g/mol. The third-order valence-electron chi connectivity index (χ3n) is 5.01. The quantitative estimate of drug-likeness (QED) is 0.865. The maximum Gasteiger partial charge on any atom is 0.0329 e. The van der Waals surface area contributed by atoms with Crippen molar-refractivity contribution in [1.29, 1.82) is 0 Å². The average molecular weight is 279 g/mol. The summed E-state index contributed by atoms with van der Waals surface area (Å²) in [6.07, 6.45) is 3.47. The van der Waals surface area contributed by atoms with Crippen molar-refractivity contribution < 1.29 is 0 Å². The lowest BCUT2D eigenvalue weighted by atomic mass is 9.76. The lowest BCUT2D eigenvalue weighted by Gasteiger charge is -2.32. The van der Waals surface area contributed by atoms with Gasteiger partial charge < -0.3 is 5.73 Å². The second-order valence-electron chi connectivity index (χ2n) is 6.60. The smallest absolute Gasteiger partial charge is 0.0329 e. The highest BCUT2D eigenvalue weighted by Crippen LogP contribution is 2.35. The third-order valence-corrected chi connectivity index (χ3v) is 5.01. The summed E-state index contributed by atoms with van der Waals surface area (Å²) >= 11 is 0. The SMILES string of the molecule is Cc1cc(C)c(CC2CCc3ccccc3C2N)c(C)c1. The summed E-state index contributed by atoms with van der Waals surface area (Å²) < 4.78 is 0. The van der Waals surface area contributed by atoms with Crippen LogP contribution < -0.4 is 5.73 Å². The zero-order valence-electron chi connectivity index (χ0n) is 13.3. The molecule has 0 radical (unpaired) electrons. The molecule has 110 valence electrons. The molecule has 21 heavy (non-hydrogen) atoms. The number of benzene rings is 2. The van der Waals surface area contributed by atoms with Gasteiger partial charge in [0.05, 0.1) is 0 Å². The Morgan fingerprint density at radius 2 is 1.71 bits per heavy atom. The van der Waals surface area contributed by atoms with Gasteiger partial charge in [-0.1, -0.05) is 42.0 Å². The summed E-state index contributed by atoms with van der Waals surface area (Å²) in [4.78, 5) is 0. The predicted molar refractivity (Wildman–Crippen MR) is 89.5 cm³/mol. The minimum absolute atomic E-state index is 0.176. The summed E-state index contributed by atoms with van der Waals surface area (Å²) in [5.74, 6) is 0.556. The van der Waals surface area contributed by atoms with Gasteiger partial charge in [0.15, 0.2) is 0 Å². The van der Waals surface area contributed by atoms with Crippen LogP contribution in [0.5, 0.6) is 0 Å². The summed E-state index contributed by atoms with van der Waals surface area (Å²) in [5, 5.41) is 0. The van der Waals surface area contributed by atoms with E-state index in [-0.39, 0.29) is 6.04 Å². The Hall–Kier alpha value is -1.60. The van der Waals surface area contributed by atoms with E-state index in [1.807, 2.05) is 0 Å². The third kappa shape index (κ3) is 2.75. The van der Waals surface area contributed by atoms with E-state index in [4.69, 9.17) is 5.73 Å². The van der Waals surface area contributed by atoms with Gasteiger partial charge in [-0.25, -0.2) is 0 Å². The second-order valence-corrected chi connectivity index (χ2v) is 6.60. The molecule has 0 bridgehead atoms. The van der Waals surface area contributed by atoms with Crippen molar-refractivity contribution in [3.8, 4) is 0 Å². The Kier molecular flexibility index (Phi) is 3.86. The lowest BCUT2D eigenvalue weighted by Crippen LogP contribution is -2.29. The molecule has 2 aromatic rings. The largest absolute Gasteiger partial charge is 0.324 e. The highest BCUT2D eigenvalue weighted by atomic mass is 14.7. The van der Waals surface area contributed by atoms with Crippen LogP contribution in [0.4, 0.5) is 0 Å². The molecular formula is C20H25N. The van der Waals surface area contributed by atoms with E-state index in [0.717, 1.165) is 6.42 Å². The van der Waals surface area contributed by atoms with Crippen LogP contribution in [0.1, 0.15) is 45.8 Å². The van der Waals surface area contributed by atoms with Gasteiger partial charge in [-0.2, -0.15) is 0 Å². The van der Waals surface area contributed by atoms with Crippen molar-refractivity contribution in [2.75, 3.05) is 0 Å². The first-order chi connectivity index (χ1) is 10.1. The van der Waals surface area contributed by atoms with Crippen LogP contribution in [0.2, 0.25) is 0 Å². The molecule has 0 saturated heterocycles. The van der Waals surface area contributed by atoms with Gasteiger partial charge >= 0.3 is 0 Å². The summed E-state index contributed by atoms with van der Waals surface area (Å²) in [6, 6.07) is 13.4. The zero-order valence-corrected chi connectivity index (χ0v) is 13.3. The molecule has 3 rings (SSSR count). The molecule has 0 saturated carbocycles. The van der Waals surface area contributed by atoms with Crippen LogP contribution in [0.3, 0.4) is 0 Å². The number of aryl methyl sites for hydroxylation is 4. The van der Waals surface area contributed by atoms with Crippen LogP contribution in [0, 0.1) is 26.7 Å². The molecule has 2 aromatic carbocycles. The van der Waals surface area contributed by atoms with Crippen molar-refractivity contribution in [1.82, 2.24) is 0 Å². The Morgan fingerprint density at radius 3 is 2.43 bits per heavy atom. The molecule has 1 nitrogen and oxygen atoms in total. The minimum atomic E-state index is 0.176. The first kappa shape index (κ1) is 14.3. The van der Waals surface area contributed by atoms with Gasteiger partial charge in [-0.3, -0.25) is 0 Å². The van der Waals surface area contributed by atoms with E-state index in [1.54, 1.807) is 0 Å². The van der Waals surface area contributed by atoms with Gasteiger partial charge in [0.1, 0.15) is 0 Å². The van der Waals surface area contributed by atoms with Crippen LogP contribution in [-0.2, 0) is 12.8 Å². The molecule has 1 aliphatic carbocycles. The number of fused-ring (bicyclic) bond motifs is 1. The summed E-state index contributed by atoms with van der Waals surface area (Å²) in [6.45, 7) is 6.64. The fourth-order valence-electron chi connectivity index (χ4n) is 3.88. The predicted octanol–water partition coefficient (Wildman–Crippen LogP) is 4.42. The standard InChI is InChI=1S/C20H25N/c1-13-10-14(2)19(15(3)11-13)12-17-9-8-16-6-4-5-7-18(16)20(17)21/h4-7,10-11,17,20H,8-9,12,21H2,1-3H3. The minimum Gasteiger partial charge on any atom is -0.324 e. The summed E-state index contributed by atoms with van der Waals surface area (Å²) in [5.41, 5.74) is 15.1. The van der Waals surface area contributed by atoms with Gasteiger partial charge in [0.25, 0.3) is 0 Å². The second kappa shape index (κ2) is 5.65. The molecule has 1 aliphatic rings. The Labute approximate surface area is 128 Å². The van der Waals surface area contributed by atoms with E-state index >= 15 is 0 Å². The van der Waals surface area contributed by atoms with E-state index in [0.29, 0.717) is 5.92 Å². The van der Waals surface area contributed by atoms with Gasteiger partial charge in [-0.05, 0) is 73.8 Å². The molecule has 0 aliphatic heterocycles. The van der Waals surface area contributed by atoms with Crippen molar-refractivity contribution in [3.63, 3.8) is 0 Å². The molecule has 2 unspecified atom stereocenters. The Morgan fingerprint density at radius 1 is 1.05 bits per heavy atom. The average Bonchev–Trinajstić information content (AvgIpc) is 2.45. The molecule has 0 amide bonds. The van der Waals surface area contributed by atoms with E-state index in [9.17, 15) is 0 Å². The molecule has 1 heteroatoms. The maximum absolute atomic E-state index is 6.57. The molecule has 0 spiro atoms. The fraction of sp³-hybridized carbons (Fsp3) is 0.400. The van der Waals surface area contributed by atoms with Crippen molar-refractivity contribution in [2.24, 2.45) is 11.7 Å². The monoisotopic (exact) mass is 279 g/mol. The topological polar surface area (TPSA) is 26.0 Å². The lowest BCUT2D eigenvalue weighted by molar-refractivity contribution is 0.375. The Balaban J connectivity index is 1.87. The number of rotatable bonds is 2. The highest BCUT2D eigenvalue weighted by molar-refractivity contribution is 5.39. The normalized spacial score (nSPS) is 21.1. The number of hydrogen-bond donors (Lipinski definition) is 1. The highest BCUT2D eigenvalue weighted by Gasteiger charge is 2.27. The van der Waals surface area contributed by atoms with E-state index < -0.39 is 0 Å². The van der Waals surface area contributed by atoms with Crippen molar-refractivity contribution in [2.45, 2.75) is 46.1 Å². The van der Waals surface area contributed by atoms with E-state index in [2.05, 4.69) is 57.2 Å². The number of hydrogen-bond acceptors (Lipinski definition) is 1. The van der Waals surface area contributed by atoms with Crippen LogP contribution in [-0.4, -0.2) is 0 Å². The first-order valence-corrected chi connectivity index (χ1v) is 7.96. The van der Waals surface area contributed by atoms with Crippen LogP contribution in [0.25, 0.3) is 0 Å². The zero-order chi connectivity index (χ0) is 15.0. The van der Waals surface area contributed by atoms with Gasteiger partial charge in [-0.15, -0.1) is 0 Å². The van der Waals surface area contributed by atoms with Crippen molar-refractivity contribution >= 4 is 0 Å². The Bertz CT molecular complexity index is 634. The van der Waals surface area contributed by atoms with Crippen LogP contribution in [0.15, 0.2) is 36.4 Å². The molecule has 2 atom stereocenters. The summed E-state index contributed by atoms with van der Waals surface area (Å²) in [7, 11) is 0. The molecule has 0 heterocycles.